The summed E-state index contributed by atoms with van der Waals surface area (Å²) in [4.78, 5) is 10.2. The van der Waals surface area contributed by atoms with Gasteiger partial charge in [-0.2, -0.15) is 0 Å². The van der Waals surface area contributed by atoms with Crippen LogP contribution in [0.2, 0.25) is 0 Å². The first kappa shape index (κ1) is 10.2. The van der Waals surface area contributed by atoms with Gasteiger partial charge in [0.05, 0.1) is 12.1 Å². The van der Waals surface area contributed by atoms with E-state index in [-0.39, 0.29) is 6.04 Å². The molecule has 0 aliphatic rings. The highest BCUT2D eigenvalue weighted by Crippen LogP contribution is 2.01. The molecule has 0 fully saturated rings. The fraction of sp³-hybridized carbons (Fsp3) is 0.857. The highest BCUT2D eigenvalue weighted by Gasteiger charge is 2.15. The van der Waals surface area contributed by atoms with Crippen LogP contribution in [0.1, 0.15) is 26.7 Å². The normalized spacial score (nSPS) is 15.5. The number of nitrogens with one attached hydrogen (secondary N) is 1. The summed E-state index contributed by atoms with van der Waals surface area (Å²) in [6.07, 6.45) is -0.171. The summed E-state index contributed by atoms with van der Waals surface area (Å²) >= 11 is 0. The molecule has 4 heteroatoms. The largest absolute Gasteiger partial charge is 0.465 e. The van der Waals surface area contributed by atoms with Gasteiger partial charge in [-0.15, -0.1) is 0 Å². The van der Waals surface area contributed by atoms with Crippen molar-refractivity contribution in [3.63, 3.8) is 0 Å². The second kappa shape index (κ2) is 4.96. The summed E-state index contributed by atoms with van der Waals surface area (Å²) in [5.41, 5.74) is 0. The van der Waals surface area contributed by atoms with Crippen molar-refractivity contribution in [2.45, 2.75) is 38.8 Å². The van der Waals surface area contributed by atoms with Gasteiger partial charge in [0.1, 0.15) is 0 Å². The molecule has 11 heavy (non-hydrogen) atoms. The number of aliphatic hydroxyl groups is 1. The van der Waals surface area contributed by atoms with Crippen molar-refractivity contribution in [1.82, 2.24) is 5.32 Å². The lowest BCUT2D eigenvalue weighted by molar-refractivity contribution is 0.129. The lowest BCUT2D eigenvalue weighted by Crippen LogP contribution is -2.41. The molecule has 0 aromatic rings. The lowest BCUT2D eigenvalue weighted by Gasteiger charge is -2.18. The minimum Gasteiger partial charge on any atom is -0.465 e. The van der Waals surface area contributed by atoms with Gasteiger partial charge in [0.2, 0.25) is 0 Å². The first-order valence-corrected chi connectivity index (χ1v) is 3.75. The quantitative estimate of drug-likeness (QED) is 0.571. The van der Waals surface area contributed by atoms with E-state index in [9.17, 15) is 4.79 Å². The summed E-state index contributed by atoms with van der Waals surface area (Å²) in [5, 5.41) is 19.7. The van der Waals surface area contributed by atoms with Gasteiger partial charge >= 0.3 is 6.09 Å². The van der Waals surface area contributed by atoms with E-state index in [2.05, 4.69) is 5.32 Å². The average Bonchev–Trinajstić information content (AvgIpc) is 1.86. The Kier molecular flexibility index (Phi) is 4.61. The first-order chi connectivity index (χ1) is 5.07. The van der Waals surface area contributed by atoms with Gasteiger partial charge in [-0.25, -0.2) is 4.79 Å². The van der Waals surface area contributed by atoms with E-state index in [1.807, 2.05) is 6.92 Å². The minimum atomic E-state index is -1.08. The second-order valence-electron chi connectivity index (χ2n) is 2.59. The zero-order valence-corrected chi connectivity index (χ0v) is 6.87. The number of amides is 1. The summed E-state index contributed by atoms with van der Waals surface area (Å²) < 4.78 is 0. The highest BCUT2D eigenvalue weighted by molar-refractivity contribution is 5.64. The van der Waals surface area contributed by atoms with Crippen molar-refractivity contribution in [2.24, 2.45) is 0 Å². The molecule has 0 rings (SSSR count). The number of hydrogen-bond acceptors (Lipinski definition) is 2. The smallest absolute Gasteiger partial charge is 0.404 e. The van der Waals surface area contributed by atoms with Crippen LogP contribution in [0.25, 0.3) is 0 Å². The molecule has 0 bridgehead atoms. The van der Waals surface area contributed by atoms with E-state index in [4.69, 9.17) is 10.2 Å². The number of rotatable bonds is 4. The number of hydrogen-bond donors (Lipinski definition) is 3. The van der Waals surface area contributed by atoms with E-state index in [0.29, 0.717) is 6.42 Å². The van der Waals surface area contributed by atoms with Crippen LogP contribution in [0, 0.1) is 0 Å². The molecule has 2 unspecified atom stereocenters. The Labute approximate surface area is 66.2 Å². The molecule has 0 radical (unpaired) electrons. The van der Waals surface area contributed by atoms with Crippen molar-refractivity contribution >= 4 is 6.09 Å². The Bertz CT molecular complexity index is 125. The molecule has 0 aromatic heterocycles. The molecule has 66 valence electrons. The molecular formula is C7H15NO3. The SMILES string of the molecule is CCCC(NC(=O)O)C(C)O. The zero-order chi connectivity index (χ0) is 8.85. The highest BCUT2D eigenvalue weighted by atomic mass is 16.4. The van der Waals surface area contributed by atoms with E-state index < -0.39 is 12.2 Å². The van der Waals surface area contributed by atoms with Crippen LogP contribution in [0.3, 0.4) is 0 Å². The molecule has 0 heterocycles. The third-order valence-corrected chi connectivity index (χ3v) is 1.49. The maximum Gasteiger partial charge on any atom is 0.404 e. The van der Waals surface area contributed by atoms with Crippen molar-refractivity contribution in [3.05, 3.63) is 0 Å². The summed E-state index contributed by atoms with van der Waals surface area (Å²) in [6, 6.07) is -0.336. The first-order valence-electron chi connectivity index (χ1n) is 3.75. The van der Waals surface area contributed by atoms with Crippen LogP contribution < -0.4 is 5.32 Å². The van der Waals surface area contributed by atoms with Gasteiger partial charge in [0.15, 0.2) is 0 Å². The molecule has 0 aliphatic carbocycles. The summed E-state index contributed by atoms with van der Waals surface area (Å²) in [6.45, 7) is 3.52. The Morgan fingerprint density at radius 2 is 2.18 bits per heavy atom. The average molecular weight is 161 g/mol. The third-order valence-electron chi connectivity index (χ3n) is 1.49. The van der Waals surface area contributed by atoms with E-state index >= 15 is 0 Å². The number of aliphatic hydroxyl groups excluding tert-OH is 1. The molecule has 0 aliphatic heterocycles. The Morgan fingerprint density at radius 1 is 1.64 bits per heavy atom. The standard InChI is InChI=1S/C7H15NO3/c1-3-4-6(5(2)9)8-7(10)11/h5-6,8-9H,3-4H2,1-2H3,(H,10,11). The second-order valence-corrected chi connectivity index (χ2v) is 2.59. The lowest BCUT2D eigenvalue weighted by atomic mass is 10.1. The minimum absolute atomic E-state index is 0.336. The maximum absolute atomic E-state index is 10.2. The third kappa shape index (κ3) is 4.61. The Morgan fingerprint density at radius 3 is 2.45 bits per heavy atom. The van der Waals surface area contributed by atoms with Crippen molar-refractivity contribution in [2.75, 3.05) is 0 Å². The molecule has 4 nitrogen and oxygen atoms in total. The van der Waals surface area contributed by atoms with Gasteiger partial charge in [-0.3, -0.25) is 0 Å². The fourth-order valence-corrected chi connectivity index (χ4v) is 0.904. The molecule has 1 amide bonds. The van der Waals surface area contributed by atoms with Crippen molar-refractivity contribution < 1.29 is 15.0 Å². The van der Waals surface area contributed by atoms with E-state index in [1.54, 1.807) is 6.92 Å². The van der Waals surface area contributed by atoms with Crippen LogP contribution in [-0.2, 0) is 0 Å². The molecule has 0 saturated carbocycles. The van der Waals surface area contributed by atoms with Gasteiger partial charge < -0.3 is 15.5 Å². The van der Waals surface area contributed by atoms with Crippen LogP contribution in [0.4, 0.5) is 4.79 Å². The Balaban J connectivity index is 3.79. The molecule has 0 spiro atoms. The van der Waals surface area contributed by atoms with Crippen molar-refractivity contribution in [3.8, 4) is 0 Å². The number of carboxylic acid groups (broad SMARTS) is 1. The fourth-order valence-electron chi connectivity index (χ4n) is 0.904. The van der Waals surface area contributed by atoms with Crippen LogP contribution in [-0.4, -0.2) is 28.5 Å². The topological polar surface area (TPSA) is 69.6 Å². The zero-order valence-electron chi connectivity index (χ0n) is 6.87. The number of carbonyl (C=O) groups is 1. The molecule has 2 atom stereocenters. The molecular weight excluding hydrogens is 146 g/mol. The maximum atomic E-state index is 10.2. The van der Waals surface area contributed by atoms with Gasteiger partial charge in [-0.05, 0) is 13.3 Å². The van der Waals surface area contributed by atoms with E-state index in [0.717, 1.165) is 6.42 Å². The molecule has 3 N–H and O–H groups in total. The van der Waals surface area contributed by atoms with Crippen LogP contribution in [0.15, 0.2) is 0 Å². The predicted molar refractivity (Wildman–Crippen MR) is 41.5 cm³/mol. The van der Waals surface area contributed by atoms with Gasteiger partial charge in [0.25, 0.3) is 0 Å². The van der Waals surface area contributed by atoms with Gasteiger partial charge in [-0.1, -0.05) is 13.3 Å². The summed E-state index contributed by atoms with van der Waals surface area (Å²) in [7, 11) is 0. The predicted octanol–water partition coefficient (Wildman–Crippen LogP) is 0.803. The Hall–Kier alpha value is -0.770. The molecule has 0 saturated heterocycles. The van der Waals surface area contributed by atoms with Crippen molar-refractivity contribution in [1.29, 1.82) is 0 Å². The van der Waals surface area contributed by atoms with E-state index in [1.165, 1.54) is 0 Å². The van der Waals surface area contributed by atoms with Crippen LogP contribution >= 0.6 is 0 Å². The monoisotopic (exact) mass is 161 g/mol. The summed E-state index contributed by atoms with van der Waals surface area (Å²) in [5.74, 6) is 0. The van der Waals surface area contributed by atoms with Crippen LogP contribution in [0.5, 0.6) is 0 Å². The molecule has 0 aromatic carbocycles. The van der Waals surface area contributed by atoms with Gasteiger partial charge in [0, 0.05) is 0 Å².